The van der Waals surface area contributed by atoms with Crippen LogP contribution >= 0.6 is 43.7 Å². The summed E-state index contributed by atoms with van der Waals surface area (Å²) in [5, 5.41) is 3.07. The molecular weight excluding hydrogens is 699 g/mol. The van der Waals surface area contributed by atoms with E-state index in [2.05, 4.69) is 62.2 Å². The molecule has 6 rings (SSSR count). The van der Waals surface area contributed by atoms with Gasteiger partial charge in [-0.15, -0.1) is 0 Å². The van der Waals surface area contributed by atoms with Gasteiger partial charge >= 0.3 is 252 Å². The van der Waals surface area contributed by atoms with Gasteiger partial charge < -0.3 is 0 Å². The number of hydrogen-bond acceptors (Lipinski definition) is 5. The Labute approximate surface area is 285 Å². The maximum absolute atomic E-state index is 14.5. The Morgan fingerprint density at radius 1 is 0.783 bits per heavy atom. The number of amides is 1. The molecule has 5 aromatic carbocycles. The molecule has 5 nitrogen and oxygen atoms in total. The van der Waals surface area contributed by atoms with Crippen LogP contribution in [-0.4, -0.2) is 35.3 Å². The molecule has 0 radical (unpaired) electrons. The van der Waals surface area contributed by atoms with Crippen LogP contribution < -0.4 is 26.0 Å². The number of benzene rings is 5. The third kappa shape index (κ3) is 6.38. The standard InChI is InChI=1S/C37H31BrClN2O3PS/c38-45(29-12-4-1-5-13-29,30-14-6-2-7-15-30,31-16-8-3-9-17-31)26-33(42)27-20-21-34(28(24-27)22-23-39)44-25-36(43)41-37-40-32-18-10-11-19-35(32)46-37/h1-21,24H,22-23,25-26H2,(H,40,41,43). The second-order valence-electron chi connectivity index (χ2n) is 10.9. The minimum absolute atomic E-state index is 0.0120. The number of halogens is 2. The zero-order valence-electron chi connectivity index (χ0n) is 24.8. The molecular formula is C37H31BrClN2O3PS. The number of nitrogens with one attached hydrogen (secondary N) is 1. The second kappa shape index (κ2) is 13.9. The van der Waals surface area contributed by atoms with E-state index in [0.717, 1.165) is 31.7 Å². The quantitative estimate of drug-likeness (QED) is 0.0786. The number of nitrogens with zero attached hydrogens (tertiary/aromatic N) is 1. The number of ether oxygens (including phenoxy) is 1. The Morgan fingerprint density at radius 2 is 1.35 bits per heavy atom. The molecule has 0 spiro atoms. The second-order valence-corrected chi connectivity index (χ2v) is 21.2. The molecule has 0 aliphatic carbocycles. The molecule has 0 unspecified atom stereocenters. The normalized spacial score (nSPS) is 12.3. The van der Waals surface area contributed by atoms with Gasteiger partial charge in [-0.3, -0.25) is 0 Å². The van der Waals surface area contributed by atoms with Crippen molar-refractivity contribution < 1.29 is 14.3 Å². The summed E-state index contributed by atoms with van der Waals surface area (Å²) in [6, 6.07) is 43.8. The Hall–Kier alpha value is -3.87. The van der Waals surface area contributed by atoms with E-state index in [1.54, 1.807) is 12.1 Å². The predicted octanol–water partition coefficient (Wildman–Crippen LogP) is 8.12. The first kappa shape index (κ1) is 32.1. The van der Waals surface area contributed by atoms with E-state index in [1.165, 1.54) is 11.3 Å². The first-order chi connectivity index (χ1) is 22.4. The van der Waals surface area contributed by atoms with E-state index in [9.17, 15) is 9.59 Å². The topological polar surface area (TPSA) is 68.3 Å². The molecule has 0 atom stereocenters. The molecule has 0 aliphatic heterocycles. The number of hydrogen-bond donors (Lipinski definition) is 1. The third-order valence-electron chi connectivity index (χ3n) is 7.97. The van der Waals surface area contributed by atoms with Crippen molar-refractivity contribution in [1.29, 1.82) is 0 Å². The molecule has 0 aliphatic rings. The average Bonchev–Trinajstić information content (AvgIpc) is 3.51. The van der Waals surface area contributed by atoms with E-state index in [-0.39, 0.29) is 24.5 Å². The van der Waals surface area contributed by atoms with Crippen LogP contribution in [0.2, 0.25) is 0 Å². The van der Waals surface area contributed by atoms with Gasteiger partial charge in [0, 0.05) is 0 Å². The molecule has 0 fully saturated rings. The predicted molar refractivity (Wildman–Crippen MR) is 198 cm³/mol. The van der Waals surface area contributed by atoms with Crippen LogP contribution in [0.3, 0.4) is 0 Å². The summed E-state index contributed by atoms with van der Waals surface area (Å²) in [4.78, 5) is 31.7. The number of carbonyl (C=O) groups excluding carboxylic acids is 2. The van der Waals surface area contributed by atoms with Gasteiger partial charge in [0.2, 0.25) is 0 Å². The molecule has 0 bridgehead atoms. The number of alkyl halides is 1. The first-order valence-corrected chi connectivity index (χ1v) is 20.6. The molecule has 6 aromatic rings. The monoisotopic (exact) mass is 728 g/mol. The number of anilines is 1. The number of rotatable bonds is 12. The third-order valence-corrected chi connectivity index (χ3v) is 18.6. The molecule has 1 N–H and O–H groups in total. The van der Waals surface area contributed by atoms with Crippen LogP contribution in [0.15, 0.2) is 133 Å². The van der Waals surface area contributed by atoms with Crippen molar-refractivity contribution in [2.45, 2.75) is 6.42 Å². The minimum atomic E-state index is -3.48. The molecule has 1 aromatic heterocycles. The zero-order chi connectivity index (χ0) is 32.0. The van der Waals surface area contributed by atoms with Crippen molar-refractivity contribution in [3.8, 4) is 5.75 Å². The van der Waals surface area contributed by atoms with Gasteiger partial charge in [-0.25, -0.2) is 0 Å². The Morgan fingerprint density at radius 3 is 1.91 bits per heavy atom. The number of aromatic nitrogens is 1. The zero-order valence-corrected chi connectivity index (χ0v) is 28.9. The minimum Gasteiger partial charge on any atom is -0.0607 e. The van der Waals surface area contributed by atoms with Crippen LogP contribution in [-0.2, 0) is 11.2 Å². The summed E-state index contributed by atoms with van der Waals surface area (Å²) < 4.78 is 6.95. The van der Waals surface area contributed by atoms with E-state index in [0.29, 0.717) is 28.7 Å². The fraction of sp³-hybridized carbons (Fsp3) is 0.108. The van der Waals surface area contributed by atoms with Gasteiger partial charge in [0.15, 0.2) is 0 Å². The van der Waals surface area contributed by atoms with Gasteiger partial charge in [0.25, 0.3) is 0 Å². The molecule has 0 saturated carbocycles. The van der Waals surface area contributed by atoms with Crippen molar-refractivity contribution in [2.24, 2.45) is 0 Å². The van der Waals surface area contributed by atoms with Gasteiger partial charge in [0.05, 0.1) is 10.2 Å². The Bertz CT molecular complexity index is 1860. The molecule has 46 heavy (non-hydrogen) atoms. The van der Waals surface area contributed by atoms with Crippen molar-refractivity contribution >= 4 is 86.7 Å². The van der Waals surface area contributed by atoms with E-state index < -0.39 is 5.31 Å². The van der Waals surface area contributed by atoms with Crippen molar-refractivity contribution in [3.05, 3.63) is 145 Å². The van der Waals surface area contributed by atoms with Gasteiger partial charge in [-0.1, -0.05) is 12.1 Å². The number of Topliss-reactive ketones (excluding diaryl/α,β-unsaturated/α-hetero) is 1. The van der Waals surface area contributed by atoms with Crippen LogP contribution in [0.25, 0.3) is 10.2 Å². The summed E-state index contributed by atoms with van der Waals surface area (Å²) in [5.74, 6) is 0.521. The molecule has 1 heterocycles. The van der Waals surface area contributed by atoms with E-state index in [4.69, 9.17) is 16.3 Å². The fourth-order valence-corrected chi connectivity index (χ4v) is 14.2. The summed E-state index contributed by atoms with van der Waals surface area (Å²) in [7, 11) is 0. The van der Waals surface area contributed by atoms with Crippen LogP contribution in [0, 0.1) is 0 Å². The number of thiazole rings is 1. The summed E-state index contributed by atoms with van der Waals surface area (Å²) in [6.45, 7) is -0.202. The first-order valence-electron chi connectivity index (χ1n) is 14.8. The Kier molecular flexibility index (Phi) is 9.67. The van der Waals surface area contributed by atoms with Crippen LogP contribution in [0.5, 0.6) is 5.75 Å². The van der Waals surface area contributed by atoms with Gasteiger partial charge in [-0.05, 0) is 12.1 Å². The fourth-order valence-electron chi connectivity index (χ4n) is 5.71. The molecule has 1 amide bonds. The Balaban J connectivity index is 1.30. The van der Waals surface area contributed by atoms with Crippen molar-refractivity contribution in [1.82, 2.24) is 4.98 Å². The van der Waals surface area contributed by atoms with Crippen LogP contribution in [0.4, 0.5) is 5.13 Å². The summed E-state index contributed by atoms with van der Waals surface area (Å²) >= 11 is 12.0. The smallest absolute Gasteiger partial charge is 0.0607 e. The SMILES string of the molecule is O=C(COc1ccc(C(=O)CP(Br)(c2ccccc2)(c2ccccc2)c2ccccc2)cc1CCCl)Nc1nc2ccccc2s1. The van der Waals surface area contributed by atoms with Gasteiger partial charge in [0.1, 0.15) is 0 Å². The number of carbonyl (C=O) groups is 2. The number of fused-ring (bicyclic) bond motifs is 1. The van der Waals surface area contributed by atoms with Crippen molar-refractivity contribution in [2.75, 3.05) is 24.0 Å². The number of aryl methyl sites for hydroxylation is 1. The number of ketones is 1. The summed E-state index contributed by atoms with van der Waals surface area (Å²) in [6.07, 6.45) is 0.709. The molecule has 0 saturated heterocycles. The maximum atomic E-state index is 14.5. The summed E-state index contributed by atoms with van der Waals surface area (Å²) in [5.41, 5.74) is 2.16. The number of para-hydroxylation sites is 1. The van der Waals surface area contributed by atoms with E-state index >= 15 is 0 Å². The van der Waals surface area contributed by atoms with Gasteiger partial charge in [-0.2, -0.15) is 0 Å². The van der Waals surface area contributed by atoms with E-state index in [1.807, 2.05) is 84.9 Å². The van der Waals surface area contributed by atoms with Crippen LogP contribution in [0.1, 0.15) is 15.9 Å². The molecule has 232 valence electrons. The molecule has 9 heteroatoms. The average molecular weight is 730 g/mol. The van der Waals surface area contributed by atoms with Crippen molar-refractivity contribution in [3.63, 3.8) is 0 Å².